The zero-order valence-electron chi connectivity index (χ0n) is 14.7. The van der Waals surface area contributed by atoms with Gasteiger partial charge in [0.25, 0.3) is 0 Å². The second kappa shape index (κ2) is 7.72. The maximum absolute atomic E-state index is 13.0. The van der Waals surface area contributed by atoms with E-state index in [1.54, 1.807) is 0 Å². The highest BCUT2D eigenvalue weighted by Crippen LogP contribution is 2.29. The maximum Gasteiger partial charge on any atom is 0.573 e. The molecule has 3 rings (SSSR count). The standard InChI is InChI=1S/C17H17F5N4O2/c1-9-4-5-26(9)16(27)13(7-14(18)19)25-15-11-3-2-10(28-17(20,21)22)6-12(11)23-8-24-15/h2-3,6,8-9,13-14H,4-5,7H2,1H3,(H,23,24,25)/t9-,13+/m0/s1. The van der Waals surface area contributed by atoms with E-state index in [0.717, 1.165) is 24.9 Å². The summed E-state index contributed by atoms with van der Waals surface area (Å²) in [5, 5.41) is 2.98. The first-order valence-corrected chi connectivity index (χ1v) is 8.49. The van der Waals surface area contributed by atoms with Crippen LogP contribution < -0.4 is 10.1 Å². The van der Waals surface area contributed by atoms with E-state index < -0.39 is 36.9 Å². The summed E-state index contributed by atoms with van der Waals surface area (Å²) >= 11 is 0. The number of hydrogen-bond acceptors (Lipinski definition) is 5. The summed E-state index contributed by atoms with van der Waals surface area (Å²) in [7, 11) is 0. The molecule has 2 heterocycles. The Morgan fingerprint density at radius 1 is 1.36 bits per heavy atom. The smallest absolute Gasteiger partial charge is 0.406 e. The third-order valence-corrected chi connectivity index (χ3v) is 4.47. The molecule has 1 N–H and O–H groups in total. The lowest BCUT2D eigenvalue weighted by Gasteiger charge is -2.41. The Kier molecular flexibility index (Phi) is 5.52. The van der Waals surface area contributed by atoms with Crippen LogP contribution in [0.2, 0.25) is 0 Å². The van der Waals surface area contributed by atoms with Crippen LogP contribution in [0.1, 0.15) is 19.8 Å². The number of halogens is 5. The molecular weight excluding hydrogens is 387 g/mol. The number of ether oxygens (including phenoxy) is 1. The molecule has 1 aromatic carbocycles. The number of hydrogen-bond donors (Lipinski definition) is 1. The Morgan fingerprint density at radius 2 is 2.11 bits per heavy atom. The third-order valence-electron chi connectivity index (χ3n) is 4.47. The topological polar surface area (TPSA) is 67.4 Å². The molecule has 2 aromatic rings. The molecule has 6 nitrogen and oxygen atoms in total. The lowest BCUT2D eigenvalue weighted by molar-refractivity contribution is -0.274. The van der Waals surface area contributed by atoms with Crippen LogP contribution in [-0.4, -0.2) is 52.2 Å². The van der Waals surface area contributed by atoms with Crippen LogP contribution in [0.25, 0.3) is 10.9 Å². The second-order valence-electron chi connectivity index (χ2n) is 6.44. The minimum Gasteiger partial charge on any atom is -0.406 e. The van der Waals surface area contributed by atoms with E-state index in [4.69, 9.17) is 0 Å². The van der Waals surface area contributed by atoms with Gasteiger partial charge in [0.1, 0.15) is 23.9 Å². The first kappa shape index (κ1) is 20.0. The summed E-state index contributed by atoms with van der Waals surface area (Å²) < 4.78 is 66.9. The Morgan fingerprint density at radius 3 is 2.68 bits per heavy atom. The number of fused-ring (bicyclic) bond motifs is 1. The first-order chi connectivity index (χ1) is 13.1. The van der Waals surface area contributed by atoms with Crippen LogP contribution >= 0.6 is 0 Å². The highest BCUT2D eigenvalue weighted by atomic mass is 19.4. The zero-order valence-corrected chi connectivity index (χ0v) is 14.7. The van der Waals surface area contributed by atoms with Gasteiger partial charge in [0.05, 0.1) is 5.52 Å². The molecule has 1 fully saturated rings. The average molecular weight is 404 g/mol. The van der Waals surface area contributed by atoms with Crippen molar-refractivity contribution in [3.05, 3.63) is 24.5 Å². The van der Waals surface area contributed by atoms with Gasteiger partial charge in [0, 0.05) is 30.5 Å². The Balaban J connectivity index is 1.87. The molecule has 1 aromatic heterocycles. The van der Waals surface area contributed by atoms with Gasteiger partial charge in [0.15, 0.2) is 0 Å². The van der Waals surface area contributed by atoms with Crippen molar-refractivity contribution in [2.24, 2.45) is 0 Å². The Labute approximate surface area is 156 Å². The number of anilines is 1. The summed E-state index contributed by atoms with van der Waals surface area (Å²) in [6.45, 7) is 2.31. The summed E-state index contributed by atoms with van der Waals surface area (Å²) in [5.74, 6) is -0.863. The van der Waals surface area contributed by atoms with E-state index in [0.29, 0.717) is 6.54 Å². The average Bonchev–Trinajstić information content (AvgIpc) is 2.58. The molecule has 0 aliphatic carbocycles. The molecule has 152 valence electrons. The highest BCUT2D eigenvalue weighted by molar-refractivity contribution is 5.93. The number of nitrogens with one attached hydrogen (secondary N) is 1. The Hall–Kier alpha value is -2.72. The molecule has 0 unspecified atom stereocenters. The van der Waals surface area contributed by atoms with Crippen LogP contribution in [0.4, 0.5) is 27.8 Å². The molecular formula is C17H17F5N4O2. The van der Waals surface area contributed by atoms with Gasteiger partial charge in [-0.05, 0) is 25.5 Å². The zero-order chi connectivity index (χ0) is 20.5. The molecule has 2 atom stereocenters. The monoisotopic (exact) mass is 404 g/mol. The van der Waals surface area contributed by atoms with Gasteiger partial charge in [-0.25, -0.2) is 18.7 Å². The van der Waals surface area contributed by atoms with Crippen LogP contribution in [-0.2, 0) is 4.79 Å². The van der Waals surface area contributed by atoms with Gasteiger partial charge < -0.3 is 15.0 Å². The van der Waals surface area contributed by atoms with E-state index in [1.807, 2.05) is 6.92 Å². The number of rotatable bonds is 6. The van der Waals surface area contributed by atoms with Crippen molar-refractivity contribution < 1.29 is 31.5 Å². The second-order valence-corrected chi connectivity index (χ2v) is 6.44. The molecule has 11 heteroatoms. The molecule has 0 bridgehead atoms. The van der Waals surface area contributed by atoms with Crippen LogP contribution in [0.15, 0.2) is 24.5 Å². The number of nitrogens with zero attached hydrogens (tertiary/aromatic N) is 3. The fourth-order valence-corrected chi connectivity index (χ4v) is 2.96. The van der Waals surface area contributed by atoms with Crippen molar-refractivity contribution in [3.8, 4) is 5.75 Å². The lowest BCUT2D eigenvalue weighted by atomic mass is 10.0. The van der Waals surface area contributed by atoms with Gasteiger partial charge in [0.2, 0.25) is 12.3 Å². The molecule has 0 radical (unpaired) electrons. The lowest BCUT2D eigenvalue weighted by Crippen LogP contribution is -2.55. The molecule has 1 aliphatic rings. The molecule has 28 heavy (non-hydrogen) atoms. The summed E-state index contributed by atoms with van der Waals surface area (Å²) in [6, 6.07) is 2.14. The fraction of sp³-hybridized carbons (Fsp3) is 0.471. The van der Waals surface area contributed by atoms with Gasteiger partial charge in [-0.15, -0.1) is 13.2 Å². The normalized spacial score (nSPS) is 18.1. The van der Waals surface area contributed by atoms with Gasteiger partial charge in [-0.3, -0.25) is 4.79 Å². The van der Waals surface area contributed by atoms with E-state index in [-0.39, 0.29) is 22.8 Å². The number of carbonyl (C=O) groups excluding carboxylic acids is 1. The van der Waals surface area contributed by atoms with Gasteiger partial charge >= 0.3 is 6.36 Å². The van der Waals surface area contributed by atoms with Crippen molar-refractivity contribution >= 4 is 22.6 Å². The maximum atomic E-state index is 13.0. The predicted molar refractivity (Wildman–Crippen MR) is 90.0 cm³/mol. The van der Waals surface area contributed by atoms with Gasteiger partial charge in [-0.1, -0.05) is 0 Å². The van der Waals surface area contributed by atoms with Gasteiger partial charge in [-0.2, -0.15) is 0 Å². The van der Waals surface area contributed by atoms with Crippen molar-refractivity contribution in [1.82, 2.24) is 14.9 Å². The molecule has 0 saturated carbocycles. The Bertz CT molecular complexity index is 861. The first-order valence-electron chi connectivity index (χ1n) is 8.49. The van der Waals surface area contributed by atoms with E-state index >= 15 is 0 Å². The number of likely N-dealkylation sites (tertiary alicyclic amines) is 1. The molecule has 1 amide bonds. The fourth-order valence-electron chi connectivity index (χ4n) is 2.96. The van der Waals surface area contributed by atoms with Crippen LogP contribution in [0, 0.1) is 0 Å². The van der Waals surface area contributed by atoms with Crippen LogP contribution in [0.3, 0.4) is 0 Å². The third kappa shape index (κ3) is 4.57. The minimum absolute atomic E-state index is 0.0290. The van der Waals surface area contributed by atoms with E-state index in [2.05, 4.69) is 20.0 Å². The minimum atomic E-state index is -4.86. The summed E-state index contributed by atoms with van der Waals surface area (Å²) in [4.78, 5) is 21.9. The number of carbonyl (C=O) groups is 1. The van der Waals surface area contributed by atoms with Crippen molar-refractivity contribution in [2.45, 2.75) is 44.6 Å². The molecule has 0 spiro atoms. The summed E-state index contributed by atoms with van der Waals surface area (Å²) in [5.41, 5.74) is 0.111. The largest absolute Gasteiger partial charge is 0.573 e. The number of aromatic nitrogens is 2. The van der Waals surface area contributed by atoms with E-state index in [1.165, 1.54) is 11.0 Å². The molecule has 1 saturated heterocycles. The van der Waals surface area contributed by atoms with Crippen molar-refractivity contribution in [1.29, 1.82) is 0 Å². The van der Waals surface area contributed by atoms with Crippen molar-refractivity contribution in [3.63, 3.8) is 0 Å². The highest BCUT2D eigenvalue weighted by Gasteiger charge is 2.35. The van der Waals surface area contributed by atoms with Crippen molar-refractivity contribution in [2.75, 3.05) is 11.9 Å². The predicted octanol–water partition coefficient (Wildman–Crippen LogP) is 3.58. The number of amides is 1. The molecule has 1 aliphatic heterocycles. The number of benzene rings is 1. The number of alkyl halides is 5. The quantitative estimate of drug-likeness (QED) is 0.746. The SMILES string of the molecule is C[C@H]1CCN1C(=O)[C@@H](CC(F)F)Nc1ncnc2cc(OC(F)(F)F)ccc12. The van der Waals surface area contributed by atoms with Crippen LogP contribution in [0.5, 0.6) is 5.75 Å². The summed E-state index contributed by atoms with van der Waals surface area (Å²) in [6.07, 6.45) is -6.44. The van der Waals surface area contributed by atoms with E-state index in [9.17, 15) is 26.7 Å².